The van der Waals surface area contributed by atoms with Gasteiger partial charge in [0.05, 0.1) is 17.4 Å². The molecule has 0 saturated heterocycles. The minimum absolute atomic E-state index is 0.0731. The number of aryl methyl sites for hydroxylation is 1. The summed E-state index contributed by atoms with van der Waals surface area (Å²) in [6.07, 6.45) is 2.77. The van der Waals surface area contributed by atoms with Crippen LogP contribution in [-0.4, -0.2) is 9.36 Å². The van der Waals surface area contributed by atoms with Gasteiger partial charge in [-0.05, 0) is 18.6 Å². The van der Waals surface area contributed by atoms with Gasteiger partial charge in [0.2, 0.25) is 0 Å². The Morgan fingerprint density at radius 2 is 2.06 bits per heavy atom. The van der Waals surface area contributed by atoms with Crippen LogP contribution in [0.25, 0.3) is 10.9 Å². The summed E-state index contributed by atoms with van der Waals surface area (Å²) in [5.74, 6) is 0. The van der Waals surface area contributed by atoms with Crippen molar-refractivity contribution >= 4 is 10.9 Å². The first kappa shape index (κ1) is 10.7. The lowest BCUT2D eigenvalue weighted by Gasteiger charge is -2.09. The van der Waals surface area contributed by atoms with Crippen LogP contribution < -0.4 is 5.56 Å². The molecule has 0 saturated carbocycles. The standard InChI is InChI=1S/C13H16N2O/c1-3-9-14-12-8-6-5-7-11(12)13(16)15(14)10-4-2/h4-8H,2-3,9-10H2,1H3. The van der Waals surface area contributed by atoms with Gasteiger partial charge in [-0.15, -0.1) is 6.58 Å². The largest absolute Gasteiger partial charge is 0.282 e. The quantitative estimate of drug-likeness (QED) is 0.721. The third-order valence-corrected chi connectivity index (χ3v) is 2.68. The van der Waals surface area contributed by atoms with Crippen LogP contribution in [0.3, 0.4) is 0 Å². The summed E-state index contributed by atoms with van der Waals surface area (Å²) in [7, 11) is 0. The monoisotopic (exact) mass is 216 g/mol. The number of hydrogen-bond donors (Lipinski definition) is 0. The summed E-state index contributed by atoms with van der Waals surface area (Å²) in [5, 5.41) is 0.790. The summed E-state index contributed by atoms with van der Waals surface area (Å²) in [6.45, 7) is 7.22. The molecule has 16 heavy (non-hydrogen) atoms. The first-order valence-corrected chi connectivity index (χ1v) is 5.58. The van der Waals surface area contributed by atoms with Crippen LogP contribution in [0.15, 0.2) is 41.7 Å². The van der Waals surface area contributed by atoms with E-state index in [9.17, 15) is 4.79 Å². The molecule has 1 heterocycles. The molecule has 0 atom stereocenters. The minimum atomic E-state index is 0.0731. The van der Waals surface area contributed by atoms with Crippen LogP contribution in [0.2, 0.25) is 0 Å². The van der Waals surface area contributed by atoms with Gasteiger partial charge in [0.15, 0.2) is 0 Å². The lowest BCUT2D eigenvalue weighted by molar-refractivity contribution is 0.485. The van der Waals surface area contributed by atoms with E-state index in [0.717, 1.165) is 23.9 Å². The van der Waals surface area contributed by atoms with Crippen LogP contribution in [0.4, 0.5) is 0 Å². The van der Waals surface area contributed by atoms with Crippen molar-refractivity contribution in [1.29, 1.82) is 0 Å². The maximum absolute atomic E-state index is 12.1. The average molecular weight is 216 g/mol. The fourth-order valence-electron chi connectivity index (χ4n) is 2.02. The zero-order valence-electron chi connectivity index (χ0n) is 9.52. The summed E-state index contributed by atoms with van der Waals surface area (Å²) >= 11 is 0. The SMILES string of the molecule is C=CCn1c(=O)c2ccccc2n1CCC. The molecule has 0 fully saturated rings. The van der Waals surface area contributed by atoms with Crippen molar-refractivity contribution in [2.75, 3.05) is 0 Å². The van der Waals surface area contributed by atoms with Gasteiger partial charge in [0, 0.05) is 6.54 Å². The number of rotatable bonds is 4. The molecule has 0 spiro atoms. The molecule has 2 rings (SSSR count). The number of hydrogen-bond acceptors (Lipinski definition) is 1. The van der Waals surface area contributed by atoms with Gasteiger partial charge in [-0.25, -0.2) is 4.68 Å². The number of allylic oxidation sites excluding steroid dienone is 1. The summed E-state index contributed by atoms with van der Waals surface area (Å²) in [4.78, 5) is 12.1. The normalized spacial score (nSPS) is 10.8. The highest BCUT2D eigenvalue weighted by molar-refractivity contribution is 5.78. The fraction of sp³-hybridized carbons (Fsp3) is 0.308. The third kappa shape index (κ3) is 1.58. The van der Waals surface area contributed by atoms with Crippen molar-refractivity contribution in [1.82, 2.24) is 9.36 Å². The number of aromatic nitrogens is 2. The number of benzene rings is 1. The smallest absolute Gasteiger partial charge is 0.274 e. The zero-order chi connectivity index (χ0) is 11.5. The van der Waals surface area contributed by atoms with Crippen molar-refractivity contribution in [2.45, 2.75) is 26.4 Å². The van der Waals surface area contributed by atoms with Crippen LogP contribution in [0.1, 0.15) is 13.3 Å². The molecule has 3 heteroatoms. The van der Waals surface area contributed by atoms with Crippen molar-refractivity contribution in [3.63, 3.8) is 0 Å². The Kier molecular flexibility index (Phi) is 2.95. The highest BCUT2D eigenvalue weighted by Gasteiger charge is 2.10. The van der Waals surface area contributed by atoms with Gasteiger partial charge in [-0.1, -0.05) is 25.1 Å². The van der Waals surface area contributed by atoms with Crippen molar-refractivity contribution in [3.05, 3.63) is 47.3 Å². The minimum Gasteiger partial charge on any atom is -0.282 e. The fourth-order valence-corrected chi connectivity index (χ4v) is 2.02. The summed E-state index contributed by atoms with van der Waals surface area (Å²) in [5.41, 5.74) is 1.08. The molecule has 0 radical (unpaired) electrons. The summed E-state index contributed by atoms with van der Waals surface area (Å²) in [6, 6.07) is 7.74. The van der Waals surface area contributed by atoms with Gasteiger partial charge in [0.1, 0.15) is 0 Å². The Morgan fingerprint density at radius 1 is 1.31 bits per heavy atom. The number of fused-ring (bicyclic) bond motifs is 1. The zero-order valence-corrected chi connectivity index (χ0v) is 9.52. The molecule has 0 aliphatic rings. The van der Waals surface area contributed by atoms with Crippen LogP contribution in [0, 0.1) is 0 Å². The number of nitrogens with zero attached hydrogens (tertiary/aromatic N) is 2. The highest BCUT2D eigenvalue weighted by atomic mass is 16.1. The van der Waals surface area contributed by atoms with Crippen LogP contribution >= 0.6 is 0 Å². The molecule has 1 aromatic carbocycles. The van der Waals surface area contributed by atoms with E-state index in [4.69, 9.17) is 0 Å². The first-order valence-electron chi connectivity index (χ1n) is 5.58. The Morgan fingerprint density at radius 3 is 2.75 bits per heavy atom. The lowest BCUT2D eigenvalue weighted by atomic mass is 10.2. The van der Waals surface area contributed by atoms with E-state index in [1.807, 2.05) is 28.9 Å². The number of para-hydroxylation sites is 1. The molecule has 1 aromatic heterocycles. The lowest BCUT2D eigenvalue weighted by Crippen LogP contribution is -2.22. The summed E-state index contributed by atoms with van der Waals surface area (Å²) < 4.78 is 3.79. The predicted molar refractivity (Wildman–Crippen MR) is 66.7 cm³/mol. The van der Waals surface area contributed by atoms with Crippen LogP contribution in [-0.2, 0) is 13.1 Å². The first-order chi connectivity index (χ1) is 7.79. The second-order valence-corrected chi connectivity index (χ2v) is 3.82. The van der Waals surface area contributed by atoms with E-state index < -0.39 is 0 Å². The van der Waals surface area contributed by atoms with Gasteiger partial charge in [-0.2, -0.15) is 0 Å². The molecular formula is C13H16N2O. The van der Waals surface area contributed by atoms with E-state index in [1.54, 1.807) is 10.8 Å². The molecule has 0 unspecified atom stereocenters. The molecule has 84 valence electrons. The molecule has 3 nitrogen and oxygen atoms in total. The third-order valence-electron chi connectivity index (χ3n) is 2.68. The topological polar surface area (TPSA) is 26.9 Å². The van der Waals surface area contributed by atoms with E-state index in [1.165, 1.54) is 0 Å². The van der Waals surface area contributed by atoms with E-state index >= 15 is 0 Å². The molecule has 0 amide bonds. The Labute approximate surface area is 94.6 Å². The Balaban J connectivity index is 2.75. The molecule has 0 bridgehead atoms. The molecule has 2 aromatic rings. The van der Waals surface area contributed by atoms with Crippen molar-refractivity contribution in [2.24, 2.45) is 0 Å². The highest BCUT2D eigenvalue weighted by Crippen LogP contribution is 2.11. The van der Waals surface area contributed by atoms with Gasteiger partial charge in [0.25, 0.3) is 5.56 Å². The van der Waals surface area contributed by atoms with E-state index in [-0.39, 0.29) is 5.56 Å². The van der Waals surface area contributed by atoms with Crippen molar-refractivity contribution < 1.29 is 0 Å². The van der Waals surface area contributed by atoms with Gasteiger partial charge >= 0.3 is 0 Å². The Hall–Kier alpha value is -1.77. The molecule has 0 aliphatic heterocycles. The maximum Gasteiger partial charge on any atom is 0.274 e. The van der Waals surface area contributed by atoms with Gasteiger partial charge < -0.3 is 0 Å². The van der Waals surface area contributed by atoms with Gasteiger partial charge in [-0.3, -0.25) is 9.48 Å². The van der Waals surface area contributed by atoms with E-state index in [2.05, 4.69) is 13.5 Å². The predicted octanol–water partition coefficient (Wildman–Crippen LogP) is 2.40. The second kappa shape index (κ2) is 4.39. The molecule has 0 N–H and O–H groups in total. The Bertz CT molecular complexity index is 563. The average Bonchev–Trinajstić information content (AvgIpc) is 2.57. The van der Waals surface area contributed by atoms with E-state index in [0.29, 0.717) is 6.54 Å². The second-order valence-electron chi connectivity index (χ2n) is 3.82. The van der Waals surface area contributed by atoms with Crippen LogP contribution in [0.5, 0.6) is 0 Å². The molecular weight excluding hydrogens is 200 g/mol. The van der Waals surface area contributed by atoms with Crippen molar-refractivity contribution in [3.8, 4) is 0 Å². The molecule has 0 aliphatic carbocycles. The maximum atomic E-state index is 12.1.